The third kappa shape index (κ3) is 30.4. The predicted molar refractivity (Wildman–Crippen MR) is 287 cm³/mol. The van der Waals surface area contributed by atoms with Gasteiger partial charge in [-0.05, 0) is 99.6 Å². The van der Waals surface area contributed by atoms with E-state index in [2.05, 4.69) is 201 Å². The molecule has 0 aliphatic heterocycles. The van der Waals surface area contributed by atoms with Crippen molar-refractivity contribution in [1.29, 1.82) is 0 Å². The largest absolute Gasteiger partial charge is 0.0991 e. The topological polar surface area (TPSA) is 0 Å². The third-order valence-electron chi connectivity index (χ3n) is 9.67. The number of hydrogen-bond donors (Lipinski definition) is 0. The van der Waals surface area contributed by atoms with Gasteiger partial charge in [-0.25, -0.2) is 0 Å². The molecule has 0 aromatic heterocycles. The number of rotatable bonds is 19. The van der Waals surface area contributed by atoms with E-state index < -0.39 is 0 Å². The van der Waals surface area contributed by atoms with Crippen LogP contribution in [0.25, 0.3) is 18.2 Å². The summed E-state index contributed by atoms with van der Waals surface area (Å²) in [7, 11) is 0. The van der Waals surface area contributed by atoms with Crippen molar-refractivity contribution in [2.45, 2.75) is 98.8 Å². The van der Waals surface area contributed by atoms with Crippen LogP contribution in [-0.4, -0.2) is 0 Å². The summed E-state index contributed by atoms with van der Waals surface area (Å²) < 4.78 is 0. The fourth-order valence-electron chi connectivity index (χ4n) is 6.13. The van der Waals surface area contributed by atoms with Crippen molar-refractivity contribution in [3.05, 3.63) is 271 Å². The molecule has 330 valence electrons. The van der Waals surface area contributed by atoms with Crippen LogP contribution in [0.5, 0.6) is 0 Å². The first-order chi connectivity index (χ1) is 30.7. The first-order valence-corrected chi connectivity index (χ1v) is 22.8. The van der Waals surface area contributed by atoms with Gasteiger partial charge in [0.05, 0.1) is 0 Å². The molecular formula is C63H78. The molecule has 0 heteroatoms. The zero-order valence-electron chi connectivity index (χ0n) is 39.7. The summed E-state index contributed by atoms with van der Waals surface area (Å²) in [6.45, 7) is 28.9. The Kier molecular flexibility index (Phi) is 32.6. The highest BCUT2D eigenvalue weighted by molar-refractivity contribution is 5.52. The van der Waals surface area contributed by atoms with Crippen LogP contribution >= 0.6 is 0 Å². The van der Waals surface area contributed by atoms with Crippen molar-refractivity contribution in [2.24, 2.45) is 0 Å². The summed E-state index contributed by atoms with van der Waals surface area (Å²) in [5, 5.41) is 0. The van der Waals surface area contributed by atoms with Gasteiger partial charge in [-0.2, -0.15) is 0 Å². The van der Waals surface area contributed by atoms with Gasteiger partial charge in [0.1, 0.15) is 0 Å². The van der Waals surface area contributed by atoms with Crippen molar-refractivity contribution in [1.82, 2.24) is 0 Å². The molecule has 0 bridgehead atoms. The molecule has 0 unspecified atom stereocenters. The van der Waals surface area contributed by atoms with Gasteiger partial charge in [-0.1, -0.05) is 288 Å². The molecule has 0 radical (unpaired) electrons. The molecule has 0 heterocycles. The highest BCUT2D eigenvalue weighted by atomic mass is 14.0. The molecule has 0 N–H and O–H groups in total. The number of hydrogen-bond acceptors (Lipinski definition) is 0. The standard InChI is InChI=1S/C15H22.2C13H16.2C11H12/c1-3-5-6-7-8-10-15-12-9-11-14(4-2)13-15;1-3-4-5-6-9-13-10-7-8-12(2)11-13;1-3-4-5-6-7-13-10-8-12(2)9-11-13;1-3-4-7-11-8-5-6-10(2)9-11;1-3-4-5-11-8-6-10(2)7-9-11/h4,9,11-13H,2-3,5-8,10H2,1H3;3-5,7-8,10-11H,1,6,9H2,2H3;3-5,8-11H,1,6-7H2,2H3;2*3-9H,1H2,2H3/b;2*5-4+;7-4+;5-4+. The lowest BCUT2D eigenvalue weighted by molar-refractivity contribution is 0.632. The van der Waals surface area contributed by atoms with E-state index in [0.717, 1.165) is 25.7 Å². The highest BCUT2D eigenvalue weighted by Gasteiger charge is 1.95. The number of aryl methyl sites for hydroxylation is 7. The smallest absolute Gasteiger partial charge is 0.0244 e. The van der Waals surface area contributed by atoms with Gasteiger partial charge >= 0.3 is 0 Å². The van der Waals surface area contributed by atoms with Crippen LogP contribution in [0.2, 0.25) is 0 Å². The molecule has 5 aromatic rings. The summed E-state index contributed by atoms with van der Waals surface area (Å²) in [5.41, 5.74) is 13.2. The van der Waals surface area contributed by atoms with E-state index in [1.807, 2.05) is 54.7 Å². The van der Waals surface area contributed by atoms with Crippen molar-refractivity contribution < 1.29 is 0 Å². The summed E-state index contributed by atoms with van der Waals surface area (Å²) in [5.74, 6) is 0. The van der Waals surface area contributed by atoms with E-state index in [4.69, 9.17) is 0 Å². The van der Waals surface area contributed by atoms with E-state index in [0.29, 0.717) is 0 Å². The van der Waals surface area contributed by atoms with Gasteiger partial charge in [0.25, 0.3) is 0 Å². The maximum absolute atomic E-state index is 3.79. The van der Waals surface area contributed by atoms with Gasteiger partial charge in [0.2, 0.25) is 0 Å². The first-order valence-electron chi connectivity index (χ1n) is 22.8. The zero-order chi connectivity index (χ0) is 46.2. The molecule has 0 saturated heterocycles. The van der Waals surface area contributed by atoms with Crippen LogP contribution < -0.4 is 0 Å². The van der Waals surface area contributed by atoms with Gasteiger partial charge in [0.15, 0.2) is 0 Å². The van der Waals surface area contributed by atoms with Gasteiger partial charge in [-0.15, -0.1) is 0 Å². The van der Waals surface area contributed by atoms with E-state index >= 15 is 0 Å². The van der Waals surface area contributed by atoms with Crippen molar-refractivity contribution >= 4 is 18.2 Å². The number of allylic oxidation sites excluding steroid dienone is 10. The van der Waals surface area contributed by atoms with Crippen molar-refractivity contribution in [3.63, 3.8) is 0 Å². The zero-order valence-corrected chi connectivity index (χ0v) is 39.7. The fraction of sp³-hybridized carbons (Fsp3) is 0.238. The first kappa shape index (κ1) is 54.8. The molecular weight excluding hydrogens is 757 g/mol. The van der Waals surface area contributed by atoms with Crippen molar-refractivity contribution in [3.8, 4) is 0 Å². The van der Waals surface area contributed by atoms with Crippen molar-refractivity contribution in [2.75, 3.05) is 0 Å². The average Bonchev–Trinajstić information content (AvgIpc) is 3.30. The average molecular weight is 835 g/mol. The molecule has 5 aromatic carbocycles. The Morgan fingerprint density at radius 1 is 0.381 bits per heavy atom. The molecule has 0 amide bonds. The molecule has 0 aliphatic carbocycles. The Balaban J connectivity index is 0.000000396. The van der Waals surface area contributed by atoms with Crippen LogP contribution in [0.3, 0.4) is 0 Å². The second-order valence-electron chi connectivity index (χ2n) is 15.5. The highest BCUT2D eigenvalue weighted by Crippen LogP contribution is 2.12. The Hall–Kier alpha value is -6.24. The minimum absolute atomic E-state index is 1.09. The van der Waals surface area contributed by atoms with E-state index in [1.165, 1.54) is 94.2 Å². The Labute approximate surface area is 386 Å². The lowest BCUT2D eigenvalue weighted by atomic mass is 10.0. The summed E-state index contributed by atoms with van der Waals surface area (Å²) >= 11 is 0. The second kappa shape index (κ2) is 37.5. The predicted octanol–water partition coefficient (Wildman–Crippen LogP) is 18.6. The third-order valence-corrected chi connectivity index (χ3v) is 9.67. The molecule has 63 heavy (non-hydrogen) atoms. The van der Waals surface area contributed by atoms with Crippen LogP contribution in [0.15, 0.2) is 215 Å². The molecule has 0 nitrogen and oxygen atoms in total. The maximum Gasteiger partial charge on any atom is -0.0244 e. The Morgan fingerprint density at radius 2 is 0.857 bits per heavy atom. The van der Waals surface area contributed by atoms with Crippen LogP contribution in [0, 0.1) is 27.7 Å². The van der Waals surface area contributed by atoms with Crippen LogP contribution in [-0.2, 0) is 19.3 Å². The monoisotopic (exact) mass is 835 g/mol. The Bertz CT molecular complexity index is 2090. The Morgan fingerprint density at radius 3 is 1.40 bits per heavy atom. The normalized spacial score (nSPS) is 10.4. The van der Waals surface area contributed by atoms with E-state index in [1.54, 1.807) is 12.2 Å². The van der Waals surface area contributed by atoms with Gasteiger partial charge < -0.3 is 0 Å². The van der Waals surface area contributed by atoms with Crippen LogP contribution in [0.4, 0.5) is 0 Å². The maximum atomic E-state index is 3.79. The molecule has 0 spiro atoms. The summed E-state index contributed by atoms with van der Waals surface area (Å²) in [6.07, 6.45) is 37.8. The molecule has 0 atom stereocenters. The summed E-state index contributed by atoms with van der Waals surface area (Å²) in [6, 6.07) is 42.8. The van der Waals surface area contributed by atoms with Crippen LogP contribution in [0.1, 0.15) is 108 Å². The second-order valence-corrected chi connectivity index (χ2v) is 15.5. The minimum atomic E-state index is 1.09. The molecule has 0 aliphatic rings. The quantitative estimate of drug-likeness (QED) is 0.0574. The summed E-state index contributed by atoms with van der Waals surface area (Å²) in [4.78, 5) is 0. The molecule has 5 rings (SSSR count). The van der Waals surface area contributed by atoms with Gasteiger partial charge in [-0.3, -0.25) is 0 Å². The molecule has 0 fully saturated rings. The number of unbranched alkanes of at least 4 members (excludes halogenated alkanes) is 4. The number of benzene rings is 5. The molecule has 0 saturated carbocycles. The SMILES string of the molecule is C=C/C=C/CCc1ccc(C)cc1.C=C/C=C/CCc1cccc(C)c1.C=C/C=C/c1ccc(C)cc1.C=C/C=C/c1cccc(C)c1.C=Cc1cccc(CCCCCCC)c1. The van der Waals surface area contributed by atoms with E-state index in [-0.39, 0.29) is 0 Å². The fourth-order valence-corrected chi connectivity index (χ4v) is 6.13. The van der Waals surface area contributed by atoms with E-state index in [9.17, 15) is 0 Å². The lowest BCUT2D eigenvalue weighted by Crippen LogP contribution is -1.86. The van der Waals surface area contributed by atoms with Gasteiger partial charge in [0, 0.05) is 0 Å². The lowest BCUT2D eigenvalue weighted by Gasteiger charge is -2.02. The minimum Gasteiger partial charge on any atom is -0.0991 e.